The van der Waals surface area contributed by atoms with Crippen LogP contribution in [0.2, 0.25) is 0 Å². The van der Waals surface area contributed by atoms with E-state index in [1.807, 2.05) is 66.7 Å². The average molecular weight is 1480 g/mol. The first kappa shape index (κ1) is 66.0. The second-order valence-electron chi connectivity index (χ2n) is 29.6. The Morgan fingerprint density at radius 1 is 0.172 bits per heavy atom. The molecule has 24 rings (SSSR count). The second kappa shape index (κ2) is 27.0. The molecule has 0 saturated heterocycles. The average Bonchev–Trinajstić information content (AvgIpc) is 1.55. The Morgan fingerprint density at radius 3 is 0.957 bits per heavy atom. The first-order valence-electron chi connectivity index (χ1n) is 39.1. The fourth-order valence-corrected chi connectivity index (χ4v) is 17.3. The molecule has 0 aliphatic rings. The maximum absolute atomic E-state index is 5.41. The summed E-state index contributed by atoms with van der Waals surface area (Å²) >= 11 is 0. The number of para-hydroxylation sites is 6. The van der Waals surface area contributed by atoms with Gasteiger partial charge in [-0.05, 0) is 170 Å². The highest BCUT2D eigenvalue weighted by atomic mass is 15.2. The molecule has 0 spiro atoms. The van der Waals surface area contributed by atoms with Crippen LogP contribution in [0.5, 0.6) is 0 Å². The molecular weight excluding hydrogens is 1420 g/mol. The van der Waals surface area contributed by atoms with Crippen LogP contribution in [0.3, 0.4) is 0 Å². The van der Waals surface area contributed by atoms with Crippen LogP contribution in [0, 0.1) is 0 Å². The van der Waals surface area contributed by atoms with Gasteiger partial charge >= 0.3 is 0 Å². The molecule has 0 fully saturated rings. The van der Waals surface area contributed by atoms with Crippen molar-refractivity contribution >= 4 is 120 Å². The van der Waals surface area contributed by atoms with E-state index in [-0.39, 0.29) is 0 Å². The maximum Gasteiger partial charge on any atom is 0.221 e. The van der Waals surface area contributed by atoms with Crippen LogP contribution < -0.4 is 0 Å². The zero-order valence-corrected chi connectivity index (χ0v) is 62.4. The largest absolute Gasteiger partial charge is 0.279 e. The van der Waals surface area contributed by atoms with E-state index in [9.17, 15) is 0 Å². The topological polar surface area (TPSA) is 109 Å². The first-order chi connectivity index (χ1) is 57.5. The molecule has 0 bridgehead atoms. The van der Waals surface area contributed by atoms with Crippen LogP contribution in [-0.2, 0) is 0 Å². The lowest BCUT2D eigenvalue weighted by molar-refractivity contribution is 0.979. The van der Waals surface area contributed by atoms with E-state index < -0.39 is 0 Å². The first-order valence-corrected chi connectivity index (χ1v) is 39.1. The Morgan fingerprint density at radius 2 is 0.509 bits per heavy atom. The lowest BCUT2D eigenvalue weighted by Crippen LogP contribution is -2.06. The summed E-state index contributed by atoms with van der Waals surface area (Å²) < 4.78 is 9.10. The molecule has 0 unspecified atom stereocenters. The summed E-state index contributed by atoms with van der Waals surface area (Å²) in [5, 5.41) is 11.5. The fourth-order valence-electron chi connectivity index (χ4n) is 17.3. The van der Waals surface area contributed by atoms with E-state index in [4.69, 9.17) is 34.9 Å². The number of aromatic nitrogens is 11. The molecular formula is C105H65N11. The van der Waals surface area contributed by atoms with Crippen molar-refractivity contribution in [2.24, 2.45) is 0 Å². The zero-order valence-electron chi connectivity index (χ0n) is 62.4. The van der Waals surface area contributed by atoms with Crippen molar-refractivity contribution in [3.05, 3.63) is 394 Å². The van der Waals surface area contributed by atoms with Crippen molar-refractivity contribution in [3.8, 4) is 102 Å². The third-order valence-corrected chi connectivity index (χ3v) is 22.8. The van der Waals surface area contributed by atoms with E-state index >= 15 is 0 Å². The number of hydrogen-bond donors (Lipinski definition) is 0. The van der Waals surface area contributed by atoms with Crippen LogP contribution in [0.25, 0.3) is 222 Å². The molecule has 116 heavy (non-hydrogen) atoms. The van der Waals surface area contributed by atoms with Crippen molar-refractivity contribution < 1.29 is 0 Å². The Hall–Kier alpha value is -15.9. The van der Waals surface area contributed by atoms with Crippen molar-refractivity contribution in [1.29, 1.82) is 0 Å². The summed E-state index contributed by atoms with van der Waals surface area (Å²) in [6.07, 6.45) is 0. The molecule has 0 amide bonds. The van der Waals surface area contributed by atoms with E-state index in [0.717, 1.165) is 178 Å². The smallest absolute Gasteiger partial charge is 0.221 e. The quantitative estimate of drug-likeness (QED) is 0.134. The number of nitrogens with zero attached hydrogens (tertiary/aromatic N) is 11. The monoisotopic (exact) mass is 1480 g/mol. The minimum atomic E-state index is 0.685. The van der Waals surface area contributed by atoms with E-state index in [0.29, 0.717) is 5.82 Å². The number of fused-ring (bicyclic) bond motifs is 20. The van der Waals surface area contributed by atoms with E-state index in [1.54, 1.807) is 0 Å². The molecule has 8 heterocycles. The van der Waals surface area contributed by atoms with Crippen LogP contribution in [0.1, 0.15) is 0 Å². The summed E-state index contributed by atoms with van der Waals surface area (Å²) in [5.41, 5.74) is 27.5. The molecule has 16 aromatic carbocycles. The number of benzene rings is 16. The van der Waals surface area contributed by atoms with Gasteiger partial charge in [0.2, 0.25) is 11.9 Å². The molecule has 0 atom stereocenters. The molecule has 540 valence electrons. The predicted octanol–water partition coefficient (Wildman–Crippen LogP) is 26.1. The number of pyridine rings is 1. The maximum atomic E-state index is 5.41. The van der Waals surface area contributed by atoms with Gasteiger partial charge in [0.25, 0.3) is 0 Å². The summed E-state index contributed by atoms with van der Waals surface area (Å²) in [4.78, 5) is 36.5. The van der Waals surface area contributed by atoms with Gasteiger partial charge in [-0.3, -0.25) is 17.9 Å². The van der Waals surface area contributed by atoms with E-state index in [2.05, 4.69) is 346 Å². The summed E-state index contributed by atoms with van der Waals surface area (Å²) in [6, 6.07) is 139. The molecule has 0 N–H and O–H groups in total. The second-order valence-corrected chi connectivity index (χ2v) is 29.6. The highest BCUT2D eigenvalue weighted by Crippen LogP contribution is 2.44. The summed E-state index contributed by atoms with van der Waals surface area (Å²) in [6.45, 7) is 0. The van der Waals surface area contributed by atoms with Crippen molar-refractivity contribution in [1.82, 2.24) is 52.8 Å². The highest BCUT2D eigenvalue weighted by Gasteiger charge is 2.26. The standard InChI is InChI=1S/C53H33N5.C52H32N6/c1-3-15-35(16-4-1)46-32-40(33-47(54-46)36-17-5-2-6-18-36)38-20-13-19-37(30-38)39-27-28-48-43(31-39)51-41-21-8-7-14-34(41)26-29-50(51)57(48)53-56-44-23-10-9-22-42(44)52-55-45-24-11-12-25-49(45)58(52)53;1-3-15-34(16-4-1)44-32-45(35-17-5-2-6-18-35)54-50(53-44)38-20-13-19-36(30-38)37-27-28-46-41(31-37)49-39-21-8-7-14-33(39)26-29-48(49)57(46)52-56-42-23-10-9-22-40(42)51-55-43-24-11-12-25-47(43)58(51)52/h1-33H;1-32H. The van der Waals surface area contributed by atoms with Crippen LogP contribution in [0.15, 0.2) is 394 Å². The lowest BCUT2D eigenvalue weighted by Gasteiger charge is -2.13. The van der Waals surface area contributed by atoms with Gasteiger partial charge in [-0.25, -0.2) is 34.9 Å². The molecule has 0 aliphatic carbocycles. The van der Waals surface area contributed by atoms with Gasteiger partial charge in [0.05, 0.1) is 77.9 Å². The summed E-state index contributed by atoms with van der Waals surface area (Å²) in [5.74, 6) is 2.30. The van der Waals surface area contributed by atoms with Gasteiger partial charge < -0.3 is 0 Å². The lowest BCUT2D eigenvalue weighted by atomic mass is 9.95. The van der Waals surface area contributed by atoms with E-state index in [1.165, 1.54) is 37.7 Å². The molecule has 24 aromatic rings. The minimum Gasteiger partial charge on any atom is -0.279 e. The third-order valence-electron chi connectivity index (χ3n) is 22.8. The van der Waals surface area contributed by atoms with Crippen molar-refractivity contribution in [2.75, 3.05) is 0 Å². The van der Waals surface area contributed by atoms with Crippen LogP contribution in [-0.4, -0.2) is 52.8 Å². The Labute approximate surface area is 664 Å². The van der Waals surface area contributed by atoms with Crippen LogP contribution >= 0.6 is 0 Å². The number of hydrogen-bond acceptors (Lipinski definition) is 7. The molecule has 0 aliphatic heterocycles. The van der Waals surface area contributed by atoms with Gasteiger partial charge in [-0.15, -0.1) is 0 Å². The van der Waals surface area contributed by atoms with Gasteiger partial charge in [-0.2, -0.15) is 0 Å². The normalized spacial score (nSPS) is 11.8. The SMILES string of the molecule is c1ccc(-c2cc(-c3cccc(-c4ccc5c(c4)c4c6ccccc6ccc4n5-c4nc5ccccc5c5nc6ccccc6n45)c3)cc(-c3ccccc3)n2)cc1.c1ccc(-c2cc(-c3ccccc3)nc(-c3cccc(-c4ccc5c(c4)c4c6ccccc6ccc4n5-c4nc5ccccc5c5nc6ccccc6n45)c3)n2)cc1. The van der Waals surface area contributed by atoms with Gasteiger partial charge in [0.1, 0.15) is 11.3 Å². The number of imidazole rings is 2. The summed E-state index contributed by atoms with van der Waals surface area (Å²) in [7, 11) is 0. The highest BCUT2D eigenvalue weighted by molar-refractivity contribution is 6.23. The van der Waals surface area contributed by atoms with Gasteiger partial charge in [0.15, 0.2) is 5.82 Å². The van der Waals surface area contributed by atoms with Crippen molar-refractivity contribution in [3.63, 3.8) is 0 Å². The Bertz CT molecular complexity index is 7490. The molecule has 11 nitrogen and oxygen atoms in total. The Balaban J connectivity index is 0.000000137. The minimum absolute atomic E-state index is 0.685. The molecule has 8 aromatic heterocycles. The third kappa shape index (κ3) is 11.0. The van der Waals surface area contributed by atoms with Crippen LogP contribution in [0.4, 0.5) is 0 Å². The number of rotatable bonds is 10. The fraction of sp³-hybridized carbons (Fsp3) is 0. The van der Waals surface area contributed by atoms with Gasteiger partial charge in [0, 0.05) is 60.1 Å². The molecule has 0 radical (unpaired) electrons. The van der Waals surface area contributed by atoms with Crippen molar-refractivity contribution in [2.45, 2.75) is 0 Å². The zero-order chi connectivity index (χ0) is 76.3. The Kier molecular flexibility index (Phi) is 15.3. The molecule has 0 saturated carbocycles. The predicted molar refractivity (Wildman–Crippen MR) is 477 cm³/mol. The van der Waals surface area contributed by atoms with Gasteiger partial charge in [-0.1, -0.05) is 279 Å². The molecule has 11 heteroatoms.